The molecule has 1 fully saturated rings. The van der Waals surface area contributed by atoms with Gasteiger partial charge in [-0.25, -0.2) is 0 Å². The Balaban J connectivity index is 1.91. The van der Waals surface area contributed by atoms with Gasteiger partial charge in [-0.15, -0.1) is 0 Å². The third-order valence-corrected chi connectivity index (χ3v) is 4.18. The molecule has 0 saturated heterocycles. The van der Waals surface area contributed by atoms with Crippen molar-refractivity contribution < 1.29 is 9.53 Å². The summed E-state index contributed by atoms with van der Waals surface area (Å²) in [6.07, 6.45) is 6.10. The van der Waals surface area contributed by atoms with Crippen molar-refractivity contribution in [1.82, 2.24) is 4.98 Å². The fourth-order valence-electron chi connectivity index (χ4n) is 2.88. The van der Waals surface area contributed by atoms with Gasteiger partial charge in [0.05, 0.1) is 24.4 Å². The molecular formula is C17H18N2O2. The smallest absolute Gasteiger partial charge is 0.235 e. The van der Waals surface area contributed by atoms with E-state index in [0.29, 0.717) is 0 Å². The number of hydrogen-bond acceptors (Lipinski definition) is 3. The molecule has 4 nitrogen and oxygen atoms in total. The summed E-state index contributed by atoms with van der Waals surface area (Å²) in [5.41, 5.74) is 1.21. The molecule has 0 unspecified atom stereocenters. The first-order valence-corrected chi connectivity index (χ1v) is 7.11. The van der Waals surface area contributed by atoms with Crippen LogP contribution < -0.4 is 10.1 Å². The Kier molecular flexibility index (Phi) is 3.60. The van der Waals surface area contributed by atoms with Gasteiger partial charge in [0.15, 0.2) is 0 Å². The Morgan fingerprint density at radius 1 is 1.24 bits per heavy atom. The molecule has 3 rings (SSSR count). The highest BCUT2D eigenvalue weighted by Crippen LogP contribution is 2.47. The number of nitrogens with zero attached hydrogens (tertiary/aromatic N) is 1. The second-order valence-electron chi connectivity index (χ2n) is 5.33. The lowest BCUT2D eigenvalue weighted by molar-refractivity contribution is -0.124. The van der Waals surface area contributed by atoms with E-state index in [1.165, 1.54) is 0 Å². The van der Waals surface area contributed by atoms with E-state index >= 15 is 0 Å². The lowest BCUT2D eigenvalue weighted by Gasteiger charge is -2.41. The van der Waals surface area contributed by atoms with E-state index in [-0.39, 0.29) is 5.91 Å². The van der Waals surface area contributed by atoms with Crippen molar-refractivity contribution in [2.75, 3.05) is 12.4 Å². The van der Waals surface area contributed by atoms with Crippen molar-refractivity contribution in [2.24, 2.45) is 0 Å². The number of para-hydroxylation sites is 1. The summed E-state index contributed by atoms with van der Waals surface area (Å²) in [7, 11) is 1.64. The topological polar surface area (TPSA) is 51.2 Å². The van der Waals surface area contributed by atoms with Crippen LogP contribution in [0.2, 0.25) is 0 Å². The maximum absolute atomic E-state index is 12.8. The average molecular weight is 282 g/mol. The van der Waals surface area contributed by atoms with Crippen molar-refractivity contribution >= 4 is 11.6 Å². The molecule has 4 heteroatoms. The van der Waals surface area contributed by atoms with Crippen LogP contribution in [-0.4, -0.2) is 18.0 Å². The number of amides is 1. The summed E-state index contributed by atoms with van der Waals surface area (Å²) in [5, 5.41) is 2.98. The number of nitrogens with one attached hydrogen (secondary N) is 1. The third kappa shape index (κ3) is 2.37. The first-order chi connectivity index (χ1) is 10.3. The number of pyridine rings is 1. The predicted octanol–water partition coefficient (Wildman–Crippen LogP) is 3.15. The standard InChI is InChI=1S/C17H18N2O2/c1-21-15-8-3-2-7-14(15)17(9-5-10-17)16(20)19-13-6-4-11-18-12-13/h2-4,6-8,11-12H,5,9-10H2,1H3,(H,19,20). The second-order valence-corrected chi connectivity index (χ2v) is 5.33. The van der Waals surface area contributed by atoms with Crippen LogP contribution in [0.4, 0.5) is 5.69 Å². The number of carbonyl (C=O) groups excluding carboxylic acids is 1. The van der Waals surface area contributed by atoms with E-state index in [4.69, 9.17) is 4.74 Å². The summed E-state index contributed by atoms with van der Waals surface area (Å²) >= 11 is 0. The molecule has 1 N–H and O–H groups in total. The van der Waals surface area contributed by atoms with Gasteiger partial charge in [0.2, 0.25) is 5.91 Å². The first kappa shape index (κ1) is 13.6. The molecule has 1 aromatic heterocycles. The monoisotopic (exact) mass is 282 g/mol. The maximum Gasteiger partial charge on any atom is 0.235 e. The minimum Gasteiger partial charge on any atom is -0.496 e. The van der Waals surface area contributed by atoms with Gasteiger partial charge in [-0.1, -0.05) is 24.6 Å². The van der Waals surface area contributed by atoms with Crippen LogP contribution in [0.25, 0.3) is 0 Å². The van der Waals surface area contributed by atoms with Gasteiger partial charge >= 0.3 is 0 Å². The minimum absolute atomic E-state index is 0.0197. The Labute approximate surface area is 124 Å². The molecule has 108 valence electrons. The SMILES string of the molecule is COc1ccccc1C1(C(=O)Nc2cccnc2)CCC1. The van der Waals surface area contributed by atoms with Crippen LogP contribution in [0.5, 0.6) is 5.75 Å². The van der Waals surface area contributed by atoms with E-state index < -0.39 is 5.41 Å². The number of carbonyl (C=O) groups is 1. The normalized spacial score (nSPS) is 15.9. The molecule has 0 atom stereocenters. The van der Waals surface area contributed by atoms with Gasteiger partial charge < -0.3 is 10.1 Å². The molecule has 1 saturated carbocycles. The second kappa shape index (κ2) is 5.56. The Bertz CT molecular complexity index is 636. The van der Waals surface area contributed by atoms with Crippen LogP contribution >= 0.6 is 0 Å². The molecule has 1 amide bonds. The number of methoxy groups -OCH3 is 1. The fourth-order valence-corrected chi connectivity index (χ4v) is 2.88. The highest BCUT2D eigenvalue weighted by molar-refractivity contribution is 6.00. The van der Waals surface area contributed by atoms with Crippen LogP contribution in [0.15, 0.2) is 48.8 Å². The van der Waals surface area contributed by atoms with Gasteiger partial charge in [0.25, 0.3) is 0 Å². The molecule has 1 heterocycles. The van der Waals surface area contributed by atoms with Gasteiger partial charge in [-0.05, 0) is 31.0 Å². The first-order valence-electron chi connectivity index (χ1n) is 7.11. The Morgan fingerprint density at radius 3 is 2.67 bits per heavy atom. The molecular weight excluding hydrogens is 264 g/mol. The van der Waals surface area contributed by atoms with Crippen molar-refractivity contribution in [3.8, 4) is 5.75 Å². The maximum atomic E-state index is 12.8. The van der Waals surface area contributed by atoms with Crippen LogP contribution in [0, 0.1) is 0 Å². The lowest BCUT2D eigenvalue weighted by atomic mass is 9.63. The quantitative estimate of drug-likeness (QED) is 0.937. The highest BCUT2D eigenvalue weighted by atomic mass is 16.5. The zero-order chi connectivity index (χ0) is 14.7. The summed E-state index contributed by atoms with van der Waals surface area (Å²) in [4.78, 5) is 16.8. The molecule has 0 aliphatic heterocycles. The molecule has 21 heavy (non-hydrogen) atoms. The van der Waals surface area contributed by atoms with Gasteiger partial charge in [0.1, 0.15) is 5.75 Å². The number of rotatable bonds is 4. The highest BCUT2D eigenvalue weighted by Gasteiger charge is 2.47. The van der Waals surface area contributed by atoms with Crippen molar-refractivity contribution in [3.63, 3.8) is 0 Å². The minimum atomic E-state index is -0.484. The van der Waals surface area contributed by atoms with Crippen LogP contribution in [-0.2, 0) is 10.2 Å². The fraction of sp³-hybridized carbons (Fsp3) is 0.294. The lowest BCUT2D eigenvalue weighted by Crippen LogP contribution is -2.46. The number of hydrogen-bond donors (Lipinski definition) is 1. The van der Waals surface area contributed by atoms with E-state index in [1.807, 2.05) is 36.4 Å². The summed E-state index contributed by atoms with van der Waals surface area (Å²) in [6.45, 7) is 0. The van der Waals surface area contributed by atoms with Crippen LogP contribution in [0.3, 0.4) is 0 Å². The number of aromatic nitrogens is 1. The zero-order valence-corrected chi connectivity index (χ0v) is 12.0. The molecule has 2 aromatic rings. The molecule has 1 aliphatic rings. The van der Waals surface area contributed by atoms with Crippen LogP contribution in [0.1, 0.15) is 24.8 Å². The molecule has 0 bridgehead atoms. The van der Waals surface area contributed by atoms with E-state index in [0.717, 1.165) is 36.3 Å². The van der Waals surface area contributed by atoms with Crippen molar-refractivity contribution in [2.45, 2.75) is 24.7 Å². The molecule has 1 aliphatic carbocycles. The zero-order valence-electron chi connectivity index (χ0n) is 12.0. The van der Waals surface area contributed by atoms with E-state index in [2.05, 4.69) is 10.3 Å². The van der Waals surface area contributed by atoms with Crippen molar-refractivity contribution in [3.05, 3.63) is 54.4 Å². The van der Waals surface area contributed by atoms with Crippen molar-refractivity contribution in [1.29, 1.82) is 0 Å². The number of benzene rings is 1. The molecule has 1 aromatic carbocycles. The summed E-state index contributed by atoms with van der Waals surface area (Å²) in [5.74, 6) is 0.796. The predicted molar refractivity (Wildman–Crippen MR) is 81.4 cm³/mol. The largest absolute Gasteiger partial charge is 0.496 e. The Hall–Kier alpha value is -2.36. The van der Waals surface area contributed by atoms with Gasteiger partial charge in [0, 0.05) is 11.8 Å². The summed E-state index contributed by atoms with van der Waals surface area (Å²) < 4.78 is 5.44. The molecule has 0 radical (unpaired) electrons. The average Bonchev–Trinajstić information content (AvgIpc) is 2.48. The number of anilines is 1. The van der Waals surface area contributed by atoms with E-state index in [1.54, 1.807) is 19.5 Å². The number of ether oxygens (including phenoxy) is 1. The van der Waals surface area contributed by atoms with Gasteiger partial charge in [-0.3, -0.25) is 9.78 Å². The Morgan fingerprint density at radius 2 is 2.05 bits per heavy atom. The summed E-state index contributed by atoms with van der Waals surface area (Å²) in [6, 6.07) is 11.4. The molecule has 0 spiro atoms. The third-order valence-electron chi connectivity index (χ3n) is 4.18. The van der Waals surface area contributed by atoms with E-state index in [9.17, 15) is 4.79 Å². The van der Waals surface area contributed by atoms with Gasteiger partial charge in [-0.2, -0.15) is 0 Å².